The summed E-state index contributed by atoms with van der Waals surface area (Å²) in [4.78, 5) is 27.2. The van der Waals surface area contributed by atoms with E-state index >= 15 is 0 Å². The van der Waals surface area contributed by atoms with Gasteiger partial charge in [0.1, 0.15) is 5.54 Å². The number of piperidine rings is 1. The quantitative estimate of drug-likeness (QED) is 0.703. The summed E-state index contributed by atoms with van der Waals surface area (Å²) in [6.45, 7) is 4.94. The van der Waals surface area contributed by atoms with Gasteiger partial charge in [-0.15, -0.1) is 0 Å². The molecule has 2 unspecified atom stereocenters. The molecule has 1 aromatic rings. The second-order valence-electron chi connectivity index (χ2n) is 9.69. The van der Waals surface area contributed by atoms with Gasteiger partial charge in [-0.1, -0.05) is 50.6 Å². The van der Waals surface area contributed by atoms with Crippen LogP contribution < -0.4 is 11.1 Å². The average Bonchev–Trinajstić information content (AvgIpc) is 2.79. The molecule has 1 radical (unpaired) electrons. The van der Waals surface area contributed by atoms with E-state index in [1.807, 2.05) is 11.0 Å². The average molecular weight is 424 g/mol. The van der Waals surface area contributed by atoms with Crippen LogP contribution in [0.3, 0.4) is 0 Å². The van der Waals surface area contributed by atoms with Crippen LogP contribution in [-0.4, -0.2) is 41.4 Å². The van der Waals surface area contributed by atoms with Crippen LogP contribution >= 0.6 is 0 Å². The lowest BCUT2D eigenvalue weighted by Crippen LogP contribution is -2.60. The van der Waals surface area contributed by atoms with Crippen molar-refractivity contribution in [3.05, 3.63) is 42.3 Å². The van der Waals surface area contributed by atoms with Crippen LogP contribution in [0.1, 0.15) is 70.3 Å². The van der Waals surface area contributed by atoms with Crippen molar-refractivity contribution < 1.29 is 9.59 Å². The third-order valence-corrected chi connectivity index (χ3v) is 7.07. The molecule has 1 saturated heterocycles. The highest BCUT2D eigenvalue weighted by molar-refractivity contribution is 5.88. The molecule has 6 nitrogen and oxygen atoms in total. The molecule has 3 N–H and O–H groups in total. The van der Waals surface area contributed by atoms with Crippen LogP contribution in [0.15, 0.2) is 30.3 Å². The van der Waals surface area contributed by atoms with Gasteiger partial charge in [0, 0.05) is 11.5 Å². The summed E-state index contributed by atoms with van der Waals surface area (Å²) in [5.41, 5.74) is 5.21. The SMILES string of the molecule is CC(C)(C[CH]C(=O)N(C1CCCC(c2ccccc2)C1)C1(C#N)CCNCC1)C(N)=O. The minimum atomic E-state index is -0.807. The van der Waals surface area contributed by atoms with Crippen molar-refractivity contribution in [2.45, 2.75) is 76.3 Å². The number of nitrogens with one attached hydrogen (secondary N) is 1. The molecule has 2 fully saturated rings. The van der Waals surface area contributed by atoms with Gasteiger partial charge in [-0.3, -0.25) is 9.59 Å². The Hall–Kier alpha value is -2.39. The Morgan fingerprint density at radius 1 is 1.26 bits per heavy atom. The standard InChI is InChI=1S/C25H35N4O2/c1-24(2,23(27)31)12-11-22(30)29(25(18-26)13-15-28-16-14-25)21-10-6-9-20(17-21)19-7-4-3-5-8-19/h3-5,7-8,11,20-21,28H,6,9-10,12-17H2,1-2H3,(H2,27,31). The van der Waals surface area contributed by atoms with E-state index in [-0.39, 0.29) is 18.4 Å². The molecule has 1 aromatic carbocycles. The zero-order chi connectivity index (χ0) is 22.5. The fraction of sp³-hybridized carbons (Fsp3) is 0.600. The number of hydrogen-bond acceptors (Lipinski definition) is 4. The lowest BCUT2D eigenvalue weighted by molar-refractivity contribution is -0.138. The Kier molecular flexibility index (Phi) is 7.38. The predicted molar refractivity (Wildman–Crippen MR) is 121 cm³/mol. The number of nitrogens with zero attached hydrogens (tertiary/aromatic N) is 2. The molecule has 2 atom stereocenters. The topological polar surface area (TPSA) is 99.2 Å². The normalized spacial score (nSPS) is 23.5. The zero-order valence-corrected chi connectivity index (χ0v) is 18.8. The molecule has 31 heavy (non-hydrogen) atoms. The molecular weight excluding hydrogens is 388 g/mol. The summed E-state index contributed by atoms with van der Waals surface area (Å²) >= 11 is 0. The Balaban J connectivity index is 1.85. The Labute approximate surface area is 186 Å². The van der Waals surface area contributed by atoms with Gasteiger partial charge in [0.15, 0.2) is 0 Å². The van der Waals surface area contributed by atoms with Gasteiger partial charge in [-0.2, -0.15) is 5.26 Å². The molecule has 1 heterocycles. The van der Waals surface area contributed by atoms with E-state index in [4.69, 9.17) is 5.73 Å². The fourth-order valence-electron chi connectivity index (χ4n) is 4.96. The monoisotopic (exact) mass is 423 g/mol. The van der Waals surface area contributed by atoms with Crippen LogP contribution in [0.5, 0.6) is 0 Å². The number of carbonyl (C=O) groups is 2. The van der Waals surface area contributed by atoms with Crippen molar-refractivity contribution in [1.82, 2.24) is 10.2 Å². The largest absolute Gasteiger partial charge is 0.369 e. The molecule has 167 valence electrons. The molecule has 2 aliphatic rings. The second-order valence-corrected chi connectivity index (χ2v) is 9.69. The summed E-state index contributed by atoms with van der Waals surface area (Å²) in [7, 11) is 0. The summed E-state index contributed by atoms with van der Waals surface area (Å²) in [6, 6.07) is 13.0. The highest BCUT2D eigenvalue weighted by Gasteiger charge is 2.46. The maximum Gasteiger partial charge on any atom is 0.228 e. The highest BCUT2D eigenvalue weighted by Crippen LogP contribution is 2.40. The minimum Gasteiger partial charge on any atom is -0.369 e. The number of hydrogen-bond donors (Lipinski definition) is 2. The lowest BCUT2D eigenvalue weighted by atomic mass is 9.77. The van der Waals surface area contributed by atoms with Crippen molar-refractivity contribution in [1.29, 1.82) is 5.26 Å². The number of nitriles is 1. The maximum atomic E-state index is 13.6. The molecule has 6 heteroatoms. The molecular formula is C25H35N4O2. The molecule has 0 spiro atoms. The number of nitrogens with two attached hydrogens (primary N) is 1. The van der Waals surface area contributed by atoms with E-state index in [1.54, 1.807) is 20.3 Å². The fourth-order valence-corrected chi connectivity index (χ4v) is 4.96. The van der Waals surface area contributed by atoms with Crippen molar-refractivity contribution in [3.63, 3.8) is 0 Å². The van der Waals surface area contributed by atoms with Crippen LogP contribution in [0, 0.1) is 23.2 Å². The van der Waals surface area contributed by atoms with Gasteiger partial charge in [-0.05, 0) is 63.1 Å². The summed E-state index contributed by atoms with van der Waals surface area (Å²) in [5, 5.41) is 13.5. The van der Waals surface area contributed by atoms with Crippen LogP contribution in [-0.2, 0) is 9.59 Å². The Bertz CT molecular complexity index is 809. The Morgan fingerprint density at radius 2 is 1.94 bits per heavy atom. The van der Waals surface area contributed by atoms with Crippen molar-refractivity contribution >= 4 is 11.8 Å². The predicted octanol–water partition coefficient (Wildman–Crippen LogP) is 3.29. The molecule has 3 rings (SSSR count). The van der Waals surface area contributed by atoms with Gasteiger partial charge in [0.25, 0.3) is 0 Å². The first kappa shape index (κ1) is 23.3. The number of carbonyl (C=O) groups excluding carboxylic acids is 2. The van der Waals surface area contributed by atoms with Gasteiger partial charge in [0.2, 0.25) is 11.8 Å². The third kappa shape index (κ3) is 5.27. The van der Waals surface area contributed by atoms with Crippen molar-refractivity contribution in [3.8, 4) is 6.07 Å². The third-order valence-electron chi connectivity index (χ3n) is 7.07. The van der Waals surface area contributed by atoms with E-state index in [0.29, 0.717) is 18.8 Å². The molecule has 1 aliphatic carbocycles. The van der Waals surface area contributed by atoms with E-state index < -0.39 is 16.9 Å². The smallest absolute Gasteiger partial charge is 0.228 e. The van der Waals surface area contributed by atoms with E-state index in [1.165, 1.54) is 5.56 Å². The van der Waals surface area contributed by atoms with Gasteiger partial charge in [-0.25, -0.2) is 0 Å². The molecule has 2 amide bonds. The summed E-state index contributed by atoms with van der Waals surface area (Å²) in [6.07, 6.45) is 6.98. The molecule has 0 aromatic heterocycles. The first-order valence-corrected chi connectivity index (χ1v) is 11.4. The Morgan fingerprint density at radius 3 is 2.55 bits per heavy atom. The molecule has 1 saturated carbocycles. The minimum absolute atomic E-state index is 0.0112. The van der Waals surface area contributed by atoms with Gasteiger partial charge in [0.05, 0.1) is 12.5 Å². The number of rotatable bonds is 7. The highest BCUT2D eigenvalue weighted by atomic mass is 16.2. The summed E-state index contributed by atoms with van der Waals surface area (Å²) in [5.74, 6) is -0.187. The van der Waals surface area contributed by atoms with Crippen LogP contribution in [0.25, 0.3) is 0 Å². The van der Waals surface area contributed by atoms with Crippen molar-refractivity contribution in [2.75, 3.05) is 13.1 Å². The van der Waals surface area contributed by atoms with E-state index in [9.17, 15) is 14.9 Å². The maximum absolute atomic E-state index is 13.6. The van der Waals surface area contributed by atoms with Gasteiger partial charge >= 0.3 is 0 Å². The number of benzene rings is 1. The van der Waals surface area contributed by atoms with E-state index in [0.717, 1.165) is 38.8 Å². The first-order valence-electron chi connectivity index (χ1n) is 11.4. The first-order chi connectivity index (χ1) is 14.8. The van der Waals surface area contributed by atoms with Gasteiger partial charge < -0.3 is 16.0 Å². The van der Waals surface area contributed by atoms with E-state index in [2.05, 4.69) is 35.7 Å². The lowest BCUT2D eigenvalue weighted by Gasteiger charge is -2.48. The van der Waals surface area contributed by atoms with Crippen LogP contribution in [0.4, 0.5) is 0 Å². The van der Waals surface area contributed by atoms with Crippen LogP contribution in [0.2, 0.25) is 0 Å². The molecule has 1 aliphatic heterocycles. The number of amides is 2. The molecule has 0 bridgehead atoms. The zero-order valence-electron chi connectivity index (χ0n) is 18.8. The number of primary amides is 1. The second kappa shape index (κ2) is 9.82. The van der Waals surface area contributed by atoms with Crippen molar-refractivity contribution in [2.24, 2.45) is 11.1 Å². The summed E-state index contributed by atoms with van der Waals surface area (Å²) < 4.78 is 0.